The van der Waals surface area contributed by atoms with Crippen LogP contribution >= 0.6 is 0 Å². The number of nitrogens with one attached hydrogen (secondary N) is 2. The molecule has 3 aromatic rings. The third kappa shape index (κ3) is 17.1. The van der Waals surface area contributed by atoms with Crippen LogP contribution in [0.3, 0.4) is 0 Å². The SMILES string of the molecule is CC(C)c1ccc(C(C)C(=O)NCCOCCOC/C=C/B2OC(C)(C)C(C)(C)O2)cc1.COc1ccc2cc([C@@H](C)C(=O)NCCOCCOC/C=C/B3OC(C)(C)C(C)(C)O3)ccc2c1. The number of ether oxygens (including phenoxy) is 5. The van der Waals surface area contributed by atoms with E-state index in [4.69, 9.17) is 42.3 Å². The summed E-state index contributed by atoms with van der Waals surface area (Å²) in [6.07, 6.45) is 3.80. The predicted octanol–water partition coefficient (Wildman–Crippen LogP) is 8.54. The van der Waals surface area contributed by atoms with Gasteiger partial charge in [0.05, 0.1) is 94.2 Å². The number of fused-ring (bicyclic) bond motifs is 1. The standard InChI is InChI=1S/C27H38BNO6.C25H40BNO5/c1-20(21-8-9-23-19-24(31-6)11-10-22(23)18-21)25(30)29-13-15-33-17-16-32-14-7-12-28-34-26(2,3)27(4,5)35-28;1-19(2)21-9-11-22(12-10-21)20(3)23(28)27-14-16-30-18-17-29-15-8-13-26-31-24(4,5)25(6,7)32-26/h7-12,18-20H,13-17H2,1-6H3,(H,29,30);8-13,19-20H,14-18H2,1-7H3,(H,27,28)/b12-7+;13-8+/t20-;/m1./s1. The quantitative estimate of drug-likeness (QED) is 0.0660. The number of carbonyl (C=O) groups excluding carboxylic acids is 2. The van der Waals surface area contributed by atoms with Crippen molar-refractivity contribution >= 4 is 36.8 Å². The first-order valence-corrected chi connectivity index (χ1v) is 23.7. The number of rotatable bonds is 24. The van der Waals surface area contributed by atoms with Crippen LogP contribution in [0.1, 0.15) is 118 Å². The molecule has 2 atom stereocenters. The third-order valence-electron chi connectivity index (χ3n) is 12.9. The summed E-state index contributed by atoms with van der Waals surface area (Å²) < 4.78 is 51.0. The van der Waals surface area contributed by atoms with E-state index in [9.17, 15) is 9.59 Å². The van der Waals surface area contributed by atoms with Crippen LogP contribution < -0.4 is 15.4 Å². The lowest BCUT2D eigenvalue weighted by atomic mass is 9.90. The van der Waals surface area contributed by atoms with E-state index in [0.717, 1.165) is 27.6 Å². The van der Waals surface area contributed by atoms with Crippen molar-refractivity contribution in [3.8, 4) is 5.75 Å². The zero-order valence-electron chi connectivity index (χ0n) is 42.5. The Labute approximate surface area is 401 Å². The monoisotopic (exact) mass is 929 g/mol. The van der Waals surface area contributed by atoms with Gasteiger partial charge in [-0.15, -0.1) is 0 Å². The lowest BCUT2D eigenvalue weighted by Gasteiger charge is -2.32. The Bertz CT molecular complexity index is 2020. The zero-order valence-corrected chi connectivity index (χ0v) is 42.5. The average Bonchev–Trinajstić information content (AvgIpc) is 3.64. The molecule has 1 unspecified atom stereocenters. The minimum atomic E-state index is -0.357. The Morgan fingerprint density at radius 2 is 0.925 bits per heavy atom. The number of methoxy groups -OCH3 is 1. The minimum Gasteiger partial charge on any atom is -0.497 e. The van der Waals surface area contributed by atoms with Gasteiger partial charge in [0.15, 0.2) is 0 Å². The van der Waals surface area contributed by atoms with Gasteiger partial charge < -0.3 is 52.9 Å². The lowest BCUT2D eigenvalue weighted by molar-refractivity contribution is -0.123. The van der Waals surface area contributed by atoms with E-state index in [-0.39, 0.29) is 60.3 Å². The Kier molecular flexibility index (Phi) is 21.6. The van der Waals surface area contributed by atoms with Gasteiger partial charge in [-0.2, -0.15) is 0 Å². The highest BCUT2D eigenvalue weighted by Crippen LogP contribution is 2.38. The number of hydrogen-bond donors (Lipinski definition) is 2. The highest BCUT2D eigenvalue weighted by atomic mass is 16.7. The van der Waals surface area contributed by atoms with Crippen LogP contribution in [0.25, 0.3) is 10.8 Å². The molecule has 0 bridgehead atoms. The first-order valence-electron chi connectivity index (χ1n) is 23.7. The summed E-state index contributed by atoms with van der Waals surface area (Å²) in [7, 11) is 0.948. The molecule has 3 aromatic carbocycles. The lowest BCUT2D eigenvalue weighted by Crippen LogP contribution is -2.41. The van der Waals surface area contributed by atoms with Crippen molar-refractivity contribution in [3.05, 3.63) is 101 Å². The zero-order chi connectivity index (χ0) is 49.3. The Morgan fingerprint density at radius 3 is 1.37 bits per heavy atom. The molecule has 2 aliphatic heterocycles. The van der Waals surface area contributed by atoms with Crippen LogP contribution in [-0.4, -0.2) is 122 Å². The van der Waals surface area contributed by atoms with Gasteiger partial charge in [0.25, 0.3) is 0 Å². The summed E-state index contributed by atoms with van der Waals surface area (Å²) in [5.41, 5.74) is 1.94. The van der Waals surface area contributed by atoms with Crippen molar-refractivity contribution in [2.24, 2.45) is 0 Å². The van der Waals surface area contributed by atoms with Crippen molar-refractivity contribution in [2.75, 3.05) is 73.1 Å². The number of benzene rings is 3. The fourth-order valence-electron chi connectivity index (χ4n) is 6.92. The van der Waals surface area contributed by atoms with Gasteiger partial charge in [0.2, 0.25) is 11.8 Å². The normalized spacial score (nSPS) is 18.1. The molecule has 2 saturated heterocycles. The summed E-state index contributed by atoms with van der Waals surface area (Å²) in [6, 6.07) is 20.2. The molecule has 0 aliphatic carbocycles. The van der Waals surface area contributed by atoms with Gasteiger partial charge in [-0.25, -0.2) is 0 Å². The van der Waals surface area contributed by atoms with E-state index >= 15 is 0 Å². The minimum absolute atomic E-state index is 0.00925. The van der Waals surface area contributed by atoms with Crippen LogP contribution in [0.15, 0.2) is 84.8 Å². The van der Waals surface area contributed by atoms with E-state index < -0.39 is 0 Å². The molecule has 67 heavy (non-hydrogen) atoms. The number of amides is 2. The van der Waals surface area contributed by atoms with E-state index in [1.807, 2.05) is 142 Å². The van der Waals surface area contributed by atoms with Crippen molar-refractivity contribution in [3.63, 3.8) is 0 Å². The van der Waals surface area contributed by atoms with Gasteiger partial charge >= 0.3 is 14.2 Å². The van der Waals surface area contributed by atoms with Crippen LogP contribution in [0.5, 0.6) is 5.75 Å². The van der Waals surface area contributed by atoms with Crippen molar-refractivity contribution in [1.82, 2.24) is 10.6 Å². The molecule has 2 heterocycles. The van der Waals surface area contributed by atoms with Gasteiger partial charge in [0.1, 0.15) is 5.75 Å². The van der Waals surface area contributed by atoms with E-state index in [2.05, 4.69) is 36.6 Å². The Hall–Kier alpha value is -4.05. The van der Waals surface area contributed by atoms with Crippen LogP contribution in [0.2, 0.25) is 0 Å². The molecule has 2 fully saturated rings. The number of hydrogen-bond acceptors (Lipinski definition) is 11. The van der Waals surface area contributed by atoms with Crippen molar-refractivity contribution < 1.29 is 51.9 Å². The maximum Gasteiger partial charge on any atom is 0.486 e. The maximum atomic E-state index is 12.5. The molecule has 5 rings (SSSR count). The molecule has 368 valence electrons. The van der Waals surface area contributed by atoms with Gasteiger partial charge in [-0.1, -0.05) is 86.5 Å². The second-order valence-corrected chi connectivity index (χ2v) is 19.3. The van der Waals surface area contributed by atoms with E-state index in [1.54, 1.807) is 7.11 Å². The summed E-state index contributed by atoms with van der Waals surface area (Å²) in [6.45, 7) is 29.0. The Balaban J connectivity index is 0.000000294. The van der Waals surface area contributed by atoms with E-state index in [0.29, 0.717) is 71.9 Å². The average molecular weight is 929 g/mol. The van der Waals surface area contributed by atoms with Gasteiger partial charge in [0, 0.05) is 13.1 Å². The molecular weight excluding hydrogens is 850 g/mol. The second kappa shape index (κ2) is 26.1. The molecular formula is C52H78B2N2O11. The van der Waals surface area contributed by atoms with E-state index in [1.165, 1.54) is 5.56 Å². The molecule has 13 nitrogen and oxygen atoms in total. The number of carbonyl (C=O) groups is 2. The van der Waals surface area contributed by atoms with Crippen molar-refractivity contribution in [1.29, 1.82) is 0 Å². The van der Waals surface area contributed by atoms with Crippen LogP contribution in [0.4, 0.5) is 0 Å². The first-order chi connectivity index (χ1) is 31.7. The van der Waals surface area contributed by atoms with Gasteiger partial charge in [-0.3, -0.25) is 9.59 Å². The molecule has 2 amide bonds. The topological polar surface area (TPSA) is 141 Å². The largest absolute Gasteiger partial charge is 0.497 e. The Morgan fingerprint density at radius 1 is 0.537 bits per heavy atom. The highest BCUT2D eigenvalue weighted by Gasteiger charge is 2.51. The fourth-order valence-corrected chi connectivity index (χ4v) is 6.92. The fraction of sp³-hybridized carbons (Fsp3) is 0.577. The summed E-state index contributed by atoms with van der Waals surface area (Å²) in [5.74, 6) is 4.61. The van der Waals surface area contributed by atoms with Crippen LogP contribution in [0, 0.1) is 0 Å². The smallest absolute Gasteiger partial charge is 0.486 e. The molecule has 0 saturated carbocycles. The summed E-state index contributed by atoms with van der Waals surface area (Å²) in [4.78, 5) is 24.9. The summed E-state index contributed by atoms with van der Waals surface area (Å²) >= 11 is 0. The molecule has 0 radical (unpaired) electrons. The molecule has 0 spiro atoms. The van der Waals surface area contributed by atoms with Crippen LogP contribution in [-0.2, 0) is 47.2 Å². The predicted molar refractivity (Wildman–Crippen MR) is 268 cm³/mol. The van der Waals surface area contributed by atoms with Gasteiger partial charge in [-0.05, 0) is 115 Å². The maximum absolute atomic E-state index is 12.5. The van der Waals surface area contributed by atoms with Crippen molar-refractivity contribution in [2.45, 2.75) is 123 Å². The molecule has 2 aliphatic rings. The summed E-state index contributed by atoms with van der Waals surface area (Å²) in [5, 5.41) is 8.03. The molecule has 2 N–H and O–H groups in total. The molecule has 15 heteroatoms. The first kappa shape index (κ1) is 55.5. The second-order valence-electron chi connectivity index (χ2n) is 19.3. The third-order valence-corrected chi connectivity index (χ3v) is 12.9. The molecule has 0 aromatic heterocycles. The highest BCUT2D eigenvalue weighted by molar-refractivity contribution is 6.52.